The van der Waals surface area contributed by atoms with Crippen LogP contribution < -0.4 is 10.6 Å². The van der Waals surface area contributed by atoms with Gasteiger partial charge in [-0.2, -0.15) is 13.7 Å². The van der Waals surface area contributed by atoms with Crippen molar-refractivity contribution in [2.45, 2.75) is 6.92 Å². The lowest BCUT2D eigenvalue weighted by atomic mass is 10.1. The van der Waals surface area contributed by atoms with E-state index >= 15 is 0 Å². The quantitative estimate of drug-likeness (QED) is 0.340. The van der Waals surface area contributed by atoms with Crippen LogP contribution in [0.4, 0.5) is 11.6 Å². The number of aromatic nitrogens is 1. The Labute approximate surface area is 151 Å². The molecule has 4 N–H and O–H groups in total. The molecule has 0 aliphatic rings. The summed E-state index contributed by atoms with van der Waals surface area (Å²) in [6.07, 6.45) is 0. The topological polar surface area (TPSA) is 179 Å². The fraction of sp³-hybridized carbons (Fsp3) is 0.538. The number of rotatable bonds is 11. The van der Waals surface area contributed by atoms with Crippen molar-refractivity contribution >= 4 is 31.9 Å². The zero-order chi connectivity index (χ0) is 19.8. The zero-order valence-electron chi connectivity index (χ0n) is 14.0. The van der Waals surface area contributed by atoms with Gasteiger partial charge in [0.2, 0.25) is 0 Å². The van der Waals surface area contributed by atoms with Crippen molar-refractivity contribution in [3.8, 4) is 6.07 Å². The van der Waals surface area contributed by atoms with Crippen molar-refractivity contribution in [2.24, 2.45) is 0 Å². The molecule has 0 bridgehead atoms. The van der Waals surface area contributed by atoms with Crippen molar-refractivity contribution in [3.63, 3.8) is 0 Å². The van der Waals surface area contributed by atoms with E-state index in [1.807, 2.05) is 6.07 Å². The molecule has 0 fully saturated rings. The Morgan fingerprint density at radius 1 is 1.23 bits per heavy atom. The first-order chi connectivity index (χ1) is 12.1. The molecule has 1 heterocycles. The highest BCUT2D eigenvalue weighted by atomic mass is 32.3. The smallest absolute Gasteiger partial charge is 0.395 e. The molecule has 0 atom stereocenters. The van der Waals surface area contributed by atoms with E-state index in [1.54, 1.807) is 13.0 Å². The Kier molecular flexibility index (Phi) is 8.18. The number of hydrogen-bond donors (Lipinski definition) is 4. The summed E-state index contributed by atoms with van der Waals surface area (Å²) in [5.74, 6) is -0.342. The number of nitrogens with one attached hydrogen (secondary N) is 2. The summed E-state index contributed by atoms with van der Waals surface area (Å²) in [6, 6.07) is 3.61. The lowest BCUT2D eigenvalue weighted by Crippen LogP contribution is -2.22. The molecule has 13 heteroatoms. The molecule has 0 aromatic carbocycles. The van der Waals surface area contributed by atoms with Gasteiger partial charge in [0.25, 0.3) is 0 Å². The highest BCUT2D eigenvalue weighted by molar-refractivity contribution is 7.91. The Hall–Kier alpha value is -1.98. The molecule has 1 aromatic heterocycles. The van der Waals surface area contributed by atoms with Crippen molar-refractivity contribution in [2.75, 3.05) is 48.4 Å². The monoisotopic (exact) mass is 408 g/mol. The van der Waals surface area contributed by atoms with Crippen LogP contribution in [0.1, 0.15) is 11.1 Å². The molecule has 11 nitrogen and oxygen atoms in total. The minimum atomic E-state index is -4.69. The lowest BCUT2D eigenvalue weighted by molar-refractivity contribution is 0.284. The highest BCUT2D eigenvalue weighted by Gasteiger charge is 2.15. The number of aliphatic hydroxyl groups excluding tert-OH is 1. The molecule has 26 heavy (non-hydrogen) atoms. The van der Waals surface area contributed by atoms with E-state index in [2.05, 4.69) is 19.8 Å². The first-order valence-corrected chi connectivity index (χ1v) is 10.6. The summed E-state index contributed by atoms with van der Waals surface area (Å²) in [5, 5.41) is 23.7. The number of anilines is 2. The molecule has 0 aliphatic carbocycles. The molecule has 0 aliphatic heterocycles. The van der Waals surface area contributed by atoms with E-state index in [-0.39, 0.29) is 36.8 Å². The number of sulfone groups is 1. The number of aryl methyl sites for hydroxylation is 1. The van der Waals surface area contributed by atoms with Gasteiger partial charge in [0, 0.05) is 13.1 Å². The van der Waals surface area contributed by atoms with E-state index in [0.29, 0.717) is 11.4 Å². The van der Waals surface area contributed by atoms with Crippen LogP contribution in [0, 0.1) is 18.3 Å². The van der Waals surface area contributed by atoms with Crippen molar-refractivity contribution in [1.82, 2.24) is 4.98 Å². The van der Waals surface area contributed by atoms with Crippen LogP contribution >= 0.6 is 0 Å². The molecule has 0 unspecified atom stereocenters. The first-order valence-electron chi connectivity index (χ1n) is 7.40. The number of aliphatic hydroxyl groups is 1. The summed E-state index contributed by atoms with van der Waals surface area (Å²) in [4.78, 5) is 4.17. The molecule has 146 valence electrons. The molecule has 1 rings (SSSR count). The maximum atomic E-state index is 11.8. The number of hydrogen-bond acceptors (Lipinski definition) is 10. The van der Waals surface area contributed by atoms with Gasteiger partial charge in [-0.1, -0.05) is 0 Å². The largest absolute Gasteiger partial charge is 0.397 e. The van der Waals surface area contributed by atoms with Crippen LogP contribution in [0.2, 0.25) is 0 Å². The van der Waals surface area contributed by atoms with Crippen LogP contribution in [-0.4, -0.2) is 69.3 Å². The number of nitriles is 1. The highest BCUT2D eigenvalue weighted by Crippen LogP contribution is 2.20. The van der Waals surface area contributed by atoms with Crippen LogP contribution in [0.25, 0.3) is 0 Å². The third kappa shape index (κ3) is 7.93. The van der Waals surface area contributed by atoms with Gasteiger partial charge >= 0.3 is 10.4 Å². The standard InChI is InChI=1S/C13H20N4O7S2/c1-10-8-12(15-2-4-18)17-13(11(10)9-14)16-3-6-25(19,20)7-5-24-26(21,22)23/h8,18H,2-7H2,1H3,(H2,15,16,17)(H,21,22,23). The van der Waals surface area contributed by atoms with E-state index in [9.17, 15) is 22.1 Å². The molecule has 0 radical (unpaired) electrons. The lowest BCUT2D eigenvalue weighted by Gasteiger charge is -2.12. The predicted molar refractivity (Wildman–Crippen MR) is 93.9 cm³/mol. The Bertz CT molecular complexity index is 863. The fourth-order valence-electron chi connectivity index (χ4n) is 1.91. The molecule has 0 saturated heterocycles. The maximum absolute atomic E-state index is 11.8. The number of pyridine rings is 1. The molecule has 0 saturated carbocycles. The van der Waals surface area contributed by atoms with E-state index in [4.69, 9.17) is 9.66 Å². The molecule has 0 spiro atoms. The minimum absolute atomic E-state index is 0.0707. The Morgan fingerprint density at radius 2 is 1.92 bits per heavy atom. The molecular formula is C13H20N4O7S2. The zero-order valence-corrected chi connectivity index (χ0v) is 15.6. The Balaban J connectivity index is 2.71. The van der Waals surface area contributed by atoms with Gasteiger partial charge in [-0.25, -0.2) is 17.6 Å². The number of nitrogens with zero attached hydrogens (tertiary/aromatic N) is 2. The van der Waals surface area contributed by atoms with E-state index < -0.39 is 32.6 Å². The van der Waals surface area contributed by atoms with Gasteiger partial charge in [-0.05, 0) is 18.6 Å². The van der Waals surface area contributed by atoms with Gasteiger partial charge in [0.05, 0.1) is 30.3 Å². The third-order valence-electron chi connectivity index (χ3n) is 3.08. The van der Waals surface area contributed by atoms with Gasteiger partial charge in [0.1, 0.15) is 17.7 Å². The van der Waals surface area contributed by atoms with E-state index in [1.165, 1.54) is 0 Å². The van der Waals surface area contributed by atoms with Crippen LogP contribution in [-0.2, 0) is 24.4 Å². The van der Waals surface area contributed by atoms with Crippen molar-refractivity contribution in [3.05, 3.63) is 17.2 Å². The first kappa shape index (κ1) is 22.1. The molecule has 0 amide bonds. The maximum Gasteiger partial charge on any atom is 0.397 e. The Morgan fingerprint density at radius 3 is 2.50 bits per heavy atom. The average Bonchev–Trinajstić information content (AvgIpc) is 2.51. The minimum Gasteiger partial charge on any atom is -0.395 e. The van der Waals surface area contributed by atoms with Gasteiger partial charge in [0.15, 0.2) is 9.84 Å². The fourth-order valence-corrected chi connectivity index (χ4v) is 3.26. The van der Waals surface area contributed by atoms with Crippen molar-refractivity contribution in [1.29, 1.82) is 5.26 Å². The summed E-state index contributed by atoms with van der Waals surface area (Å²) >= 11 is 0. The SMILES string of the molecule is Cc1cc(NCCO)nc(NCCS(=O)(=O)CCOS(=O)(=O)O)c1C#N. The van der Waals surface area contributed by atoms with Crippen molar-refractivity contribution < 1.29 is 30.7 Å². The van der Waals surface area contributed by atoms with Gasteiger partial charge in [-0.3, -0.25) is 4.55 Å². The second-order valence-corrected chi connectivity index (χ2v) is 8.53. The van der Waals surface area contributed by atoms with Crippen LogP contribution in [0.3, 0.4) is 0 Å². The molecular weight excluding hydrogens is 388 g/mol. The second kappa shape index (κ2) is 9.64. The third-order valence-corrected chi connectivity index (χ3v) is 5.16. The van der Waals surface area contributed by atoms with Gasteiger partial charge < -0.3 is 15.7 Å². The normalized spacial score (nSPS) is 11.8. The predicted octanol–water partition coefficient (Wildman–Crippen LogP) is -0.688. The molecule has 1 aromatic rings. The summed E-state index contributed by atoms with van der Waals surface area (Å²) in [5.41, 5.74) is 0.876. The summed E-state index contributed by atoms with van der Waals surface area (Å²) in [7, 11) is -8.34. The summed E-state index contributed by atoms with van der Waals surface area (Å²) < 4.78 is 56.8. The van der Waals surface area contributed by atoms with Crippen LogP contribution in [0.5, 0.6) is 0 Å². The van der Waals surface area contributed by atoms with Crippen LogP contribution in [0.15, 0.2) is 6.07 Å². The average molecular weight is 408 g/mol. The van der Waals surface area contributed by atoms with Gasteiger partial charge in [-0.15, -0.1) is 0 Å². The van der Waals surface area contributed by atoms with E-state index in [0.717, 1.165) is 0 Å². The second-order valence-electron chi connectivity index (χ2n) is 5.14. The summed E-state index contributed by atoms with van der Waals surface area (Å²) in [6.45, 7) is 1.09.